The zero-order valence-electron chi connectivity index (χ0n) is 8.36. The molecule has 0 bridgehead atoms. The van der Waals surface area contributed by atoms with Crippen LogP contribution in [0.4, 0.5) is 4.39 Å². The van der Waals surface area contributed by atoms with Crippen LogP contribution in [-0.2, 0) is 5.75 Å². The van der Waals surface area contributed by atoms with Gasteiger partial charge in [-0.3, -0.25) is 0 Å². The molecule has 0 saturated heterocycles. The SMILES string of the molecule is Fc1cccc(SCc2cccnc2Cl)c1. The van der Waals surface area contributed by atoms with Gasteiger partial charge in [0.25, 0.3) is 0 Å². The van der Waals surface area contributed by atoms with Crippen LogP contribution in [-0.4, -0.2) is 4.98 Å². The summed E-state index contributed by atoms with van der Waals surface area (Å²) in [6.45, 7) is 0. The van der Waals surface area contributed by atoms with E-state index in [4.69, 9.17) is 11.6 Å². The summed E-state index contributed by atoms with van der Waals surface area (Å²) in [6, 6.07) is 10.3. The van der Waals surface area contributed by atoms with E-state index in [1.54, 1.807) is 12.3 Å². The molecular formula is C12H9ClFNS. The number of hydrogen-bond acceptors (Lipinski definition) is 2. The van der Waals surface area contributed by atoms with Gasteiger partial charge in [0, 0.05) is 16.8 Å². The van der Waals surface area contributed by atoms with Crippen molar-refractivity contribution in [2.45, 2.75) is 10.6 Å². The van der Waals surface area contributed by atoms with Crippen LogP contribution in [0.1, 0.15) is 5.56 Å². The molecule has 0 unspecified atom stereocenters. The quantitative estimate of drug-likeness (QED) is 0.602. The lowest BCUT2D eigenvalue weighted by atomic mass is 10.3. The van der Waals surface area contributed by atoms with Crippen molar-refractivity contribution >= 4 is 23.4 Å². The van der Waals surface area contributed by atoms with Gasteiger partial charge in [0.1, 0.15) is 11.0 Å². The highest BCUT2D eigenvalue weighted by molar-refractivity contribution is 7.98. The van der Waals surface area contributed by atoms with E-state index in [2.05, 4.69) is 4.98 Å². The van der Waals surface area contributed by atoms with Crippen LogP contribution in [0.15, 0.2) is 47.5 Å². The van der Waals surface area contributed by atoms with E-state index >= 15 is 0 Å². The molecule has 1 nitrogen and oxygen atoms in total. The number of nitrogens with zero attached hydrogens (tertiary/aromatic N) is 1. The van der Waals surface area contributed by atoms with Crippen molar-refractivity contribution in [1.29, 1.82) is 0 Å². The van der Waals surface area contributed by atoms with E-state index in [1.165, 1.54) is 23.9 Å². The van der Waals surface area contributed by atoms with Gasteiger partial charge < -0.3 is 0 Å². The first-order chi connectivity index (χ1) is 7.75. The molecule has 0 aliphatic rings. The summed E-state index contributed by atoms with van der Waals surface area (Å²) in [5, 5.41) is 0.506. The molecule has 0 aliphatic heterocycles. The topological polar surface area (TPSA) is 12.9 Å². The highest BCUT2D eigenvalue weighted by atomic mass is 35.5. The predicted molar refractivity (Wildman–Crippen MR) is 65.2 cm³/mol. The van der Waals surface area contributed by atoms with Crippen LogP contribution in [0.25, 0.3) is 0 Å². The number of thioether (sulfide) groups is 1. The maximum absolute atomic E-state index is 12.9. The van der Waals surface area contributed by atoms with E-state index in [9.17, 15) is 4.39 Å². The summed E-state index contributed by atoms with van der Waals surface area (Å²) >= 11 is 7.46. The second-order valence-electron chi connectivity index (χ2n) is 3.20. The zero-order valence-corrected chi connectivity index (χ0v) is 9.93. The Morgan fingerprint density at radius 2 is 2.12 bits per heavy atom. The minimum atomic E-state index is -0.220. The van der Waals surface area contributed by atoms with E-state index in [0.29, 0.717) is 10.9 Å². The van der Waals surface area contributed by atoms with E-state index in [-0.39, 0.29) is 5.82 Å². The Morgan fingerprint density at radius 1 is 1.25 bits per heavy atom. The second-order valence-corrected chi connectivity index (χ2v) is 4.61. The molecule has 0 atom stereocenters. The number of aromatic nitrogens is 1. The van der Waals surface area contributed by atoms with Crippen molar-refractivity contribution in [2.75, 3.05) is 0 Å². The number of hydrogen-bond donors (Lipinski definition) is 0. The third kappa shape index (κ3) is 2.97. The molecule has 2 aromatic rings. The molecule has 1 aromatic heterocycles. The van der Waals surface area contributed by atoms with Crippen LogP contribution < -0.4 is 0 Å². The van der Waals surface area contributed by atoms with Gasteiger partial charge in [-0.1, -0.05) is 23.7 Å². The zero-order chi connectivity index (χ0) is 11.4. The van der Waals surface area contributed by atoms with Crippen LogP contribution in [0, 0.1) is 5.82 Å². The van der Waals surface area contributed by atoms with Gasteiger partial charge in [-0.05, 0) is 29.8 Å². The Labute approximate surface area is 103 Å². The van der Waals surface area contributed by atoms with E-state index in [0.717, 1.165) is 10.5 Å². The van der Waals surface area contributed by atoms with Crippen molar-refractivity contribution < 1.29 is 4.39 Å². The molecule has 82 valence electrons. The monoisotopic (exact) mass is 253 g/mol. The molecule has 0 spiro atoms. The van der Waals surface area contributed by atoms with E-state index < -0.39 is 0 Å². The summed E-state index contributed by atoms with van der Waals surface area (Å²) in [5.74, 6) is 0.470. The molecule has 0 radical (unpaired) electrons. The van der Waals surface area contributed by atoms with Gasteiger partial charge in [-0.15, -0.1) is 11.8 Å². The molecule has 0 fully saturated rings. The Balaban J connectivity index is 2.05. The van der Waals surface area contributed by atoms with Gasteiger partial charge in [0.2, 0.25) is 0 Å². The molecular weight excluding hydrogens is 245 g/mol. The minimum absolute atomic E-state index is 0.220. The summed E-state index contributed by atoms with van der Waals surface area (Å²) in [5.41, 5.74) is 0.957. The van der Waals surface area contributed by atoms with E-state index in [1.807, 2.05) is 18.2 Å². The lowest BCUT2D eigenvalue weighted by Gasteiger charge is -2.03. The van der Waals surface area contributed by atoms with Crippen LogP contribution in [0.5, 0.6) is 0 Å². The van der Waals surface area contributed by atoms with Crippen LogP contribution in [0.2, 0.25) is 5.15 Å². The van der Waals surface area contributed by atoms with Crippen LogP contribution in [0.3, 0.4) is 0 Å². The molecule has 16 heavy (non-hydrogen) atoms. The number of rotatable bonds is 3. The Bertz CT molecular complexity index is 490. The average Bonchev–Trinajstić information content (AvgIpc) is 2.28. The average molecular weight is 254 g/mol. The third-order valence-electron chi connectivity index (χ3n) is 2.03. The normalized spacial score (nSPS) is 10.4. The smallest absolute Gasteiger partial charge is 0.133 e. The maximum atomic E-state index is 12.9. The molecule has 0 aliphatic carbocycles. The van der Waals surface area contributed by atoms with Gasteiger partial charge in [-0.25, -0.2) is 9.37 Å². The fourth-order valence-corrected chi connectivity index (χ4v) is 2.44. The largest absolute Gasteiger partial charge is 0.244 e. The first-order valence-electron chi connectivity index (χ1n) is 4.73. The van der Waals surface area contributed by atoms with Crippen molar-refractivity contribution in [1.82, 2.24) is 4.98 Å². The third-order valence-corrected chi connectivity index (χ3v) is 3.41. The summed E-state index contributed by atoms with van der Waals surface area (Å²) in [4.78, 5) is 4.88. The van der Waals surface area contributed by atoms with Gasteiger partial charge >= 0.3 is 0 Å². The Kier molecular flexibility index (Phi) is 3.80. The predicted octanol–water partition coefficient (Wildman–Crippen LogP) is 4.17. The first kappa shape index (κ1) is 11.4. The molecule has 1 heterocycles. The maximum Gasteiger partial charge on any atom is 0.133 e. The lowest BCUT2D eigenvalue weighted by Crippen LogP contribution is -1.85. The Hall–Kier alpha value is -1.06. The summed E-state index contributed by atoms with van der Waals surface area (Å²) < 4.78 is 12.9. The highest BCUT2D eigenvalue weighted by Gasteiger charge is 2.02. The Morgan fingerprint density at radius 3 is 2.88 bits per heavy atom. The van der Waals surface area contributed by atoms with Gasteiger partial charge in [-0.2, -0.15) is 0 Å². The number of halogens is 2. The fraction of sp³-hybridized carbons (Fsp3) is 0.0833. The molecule has 2 rings (SSSR count). The molecule has 0 N–H and O–H groups in total. The van der Waals surface area contributed by atoms with Crippen molar-refractivity contribution in [2.24, 2.45) is 0 Å². The number of benzene rings is 1. The van der Waals surface area contributed by atoms with Gasteiger partial charge in [0.15, 0.2) is 0 Å². The molecule has 0 saturated carbocycles. The lowest BCUT2D eigenvalue weighted by molar-refractivity contribution is 0.624. The van der Waals surface area contributed by atoms with Gasteiger partial charge in [0.05, 0.1) is 0 Å². The minimum Gasteiger partial charge on any atom is -0.244 e. The van der Waals surface area contributed by atoms with Crippen molar-refractivity contribution in [3.8, 4) is 0 Å². The van der Waals surface area contributed by atoms with Crippen LogP contribution >= 0.6 is 23.4 Å². The molecule has 4 heteroatoms. The molecule has 1 aromatic carbocycles. The first-order valence-corrected chi connectivity index (χ1v) is 6.10. The van der Waals surface area contributed by atoms with Crippen molar-refractivity contribution in [3.05, 3.63) is 59.1 Å². The fourth-order valence-electron chi connectivity index (χ4n) is 1.24. The standard InChI is InChI=1S/C12H9ClFNS/c13-12-9(3-2-6-15-12)8-16-11-5-1-4-10(14)7-11/h1-7H,8H2. The highest BCUT2D eigenvalue weighted by Crippen LogP contribution is 2.25. The van der Waals surface area contributed by atoms with Crippen molar-refractivity contribution in [3.63, 3.8) is 0 Å². The second kappa shape index (κ2) is 5.32. The summed E-state index contributed by atoms with van der Waals surface area (Å²) in [6.07, 6.45) is 1.65. The number of pyridine rings is 1. The molecule has 0 amide bonds. The summed E-state index contributed by atoms with van der Waals surface area (Å²) in [7, 11) is 0.